The standard InChI is InChI=1S/C22H40N2O2/c1-2-3-4-5-6-7-8-9-10-11-12-13-14-15-21(25)26-22-18-16-20(17-19-22)23-24-22/h20H,2-19H2,1H3. The lowest BCUT2D eigenvalue weighted by Crippen LogP contribution is -2.41. The van der Waals surface area contributed by atoms with E-state index < -0.39 is 5.72 Å². The second-order valence-corrected chi connectivity index (χ2v) is 8.36. The van der Waals surface area contributed by atoms with Crippen LogP contribution in [0.2, 0.25) is 0 Å². The summed E-state index contributed by atoms with van der Waals surface area (Å²) in [6, 6.07) is 0.386. The Kier molecular flexibility index (Phi) is 10.2. The summed E-state index contributed by atoms with van der Waals surface area (Å²) in [7, 11) is 0. The number of fused-ring (bicyclic) bond motifs is 2. The highest BCUT2D eigenvalue weighted by atomic mass is 16.6. The minimum atomic E-state index is -0.595. The van der Waals surface area contributed by atoms with Gasteiger partial charge in [-0.05, 0) is 19.3 Å². The first kappa shape index (κ1) is 21.4. The topological polar surface area (TPSA) is 51.0 Å². The molecule has 1 saturated carbocycles. The molecule has 0 aromatic carbocycles. The summed E-state index contributed by atoms with van der Waals surface area (Å²) < 4.78 is 5.67. The van der Waals surface area contributed by atoms with Crippen molar-refractivity contribution in [2.24, 2.45) is 10.2 Å². The maximum atomic E-state index is 12.1. The molecule has 4 heteroatoms. The van der Waals surface area contributed by atoms with Gasteiger partial charge in [0, 0.05) is 19.3 Å². The highest BCUT2D eigenvalue weighted by Crippen LogP contribution is 2.39. The van der Waals surface area contributed by atoms with Crippen LogP contribution >= 0.6 is 0 Å². The smallest absolute Gasteiger partial charge is 0.308 e. The van der Waals surface area contributed by atoms with Crippen molar-refractivity contribution in [3.05, 3.63) is 0 Å². The van der Waals surface area contributed by atoms with Crippen LogP contribution in [0.25, 0.3) is 0 Å². The maximum absolute atomic E-state index is 12.1. The summed E-state index contributed by atoms with van der Waals surface area (Å²) in [4.78, 5) is 12.1. The maximum Gasteiger partial charge on any atom is 0.308 e. The highest BCUT2D eigenvalue weighted by molar-refractivity contribution is 5.69. The molecule has 0 unspecified atom stereocenters. The SMILES string of the molecule is CCCCCCCCCCCCCCCC(=O)OC12CCC(CC1)N=N2. The predicted molar refractivity (Wildman–Crippen MR) is 106 cm³/mol. The lowest BCUT2D eigenvalue weighted by Gasteiger charge is -2.38. The molecule has 0 N–H and O–H groups in total. The molecule has 4 nitrogen and oxygen atoms in total. The van der Waals surface area contributed by atoms with Crippen molar-refractivity contribution in [3.8, 4) is 0 Å². The number of hydrogen-bond donors (Lipinski definition) is 0. The Morgan fingerprint density at radius 3 is 1.81 bits per heavy atom. The number of carbonyl (C=O) groups is 1. The summed E-state index contributed by atoms with van der Waals surface area (Å²) in [6.07, 6.45) is 21.5. The number of unbranched alkanes of at least 4 members (excludes halogenated alkanes) is 12. The molecule has 2 heterocycles. The van der Waals surface area contributed by atoms with Gasteiger partial charge in [-0.25, -0.2) is 0 Å². The largest absolute Gasteiger partial charge is 0.435 e. The monoisotopic (exact) mass is 364 g/mol. The first-order valence-corrected chi connectivity index (χ1v) is 11.4. The van der Waals surface area contributed by atoms with Gasteiger partial charge in [0.1, 0.15) is 0 Å². The van der Waals surface area contributed by atoms with Crippen molar-refractivity contribution in [1.29, 1.82) is 0 Å². The third kappa shape index (κ3) is 8.18. The number of carbonyl (C=O) groups excluding carboxylic acids is 1. The first-order chi connectivity index (χ1) is 12.7. The van der Waals surface area contributed by atoms with E-state index in [-0.39, 0.29) is 5.97 Å². The van der Waals surface area contributed by atoms with E-state index in [1.54, 1.807) is 0 Å². The number of rotatable bonds is 15. The number of hydrogen-bond acceptors (Lipinski definition) is 4. The van der Waals surface area contributed by atoms with Crippen molar-refractivity contribution in [3.63, 3.8) is 0 Å². The van der Waals surface area contributed by atoms with Gasteiger partial charge >= 0.3 is 5.97 Å². The summed E-state index contributed by atoms with van der Waals surface area (Å²) in [5.74, 6) is -0.0765. The van der Waals surface area contributed by atoms with E-state index in [2.05, 4.69) is 17.2 Å². The van der Waals surface area contributed by atoms with Gasteiger partial charge < -0.3 is 4.74 Å². The molecule has 0 radical (unpaired) electrons. The number of azo groups is 1. The highest BCUT2D eigenvalue weighted by Gasteiger charge is 2.42. The van der Waals surface area contributed by atoms with Gasteiger partial charge in [0.2, 0.25) is 5.72 Å². The minimum Gasteiger partial charge on any atom is -0.435 e. The average Bonchev–Trinajstić information content (AvgIpc) is 2.66. The van der Waals surface area contributed by atoms with Gasteiger partial charge in [-0.1, -0.05) is 84.0 Å². The molecule has 0 spiro atoms. The molecule has 26 heavy (non-hydrogen) atoms. The van der Waals surface area contributed by atoms with Gasteiger partial charge in [0.15, 0.2) is 0 Å². The fraction of sp³-hybridized carbons (Fsp3) is 0.955. The predicted octanol–water partition coefficient (Wildman–Crippen LogP) is 7.12. The Morgan fingerprint density at radius 1 is 0.846 bits per heavy atom. The van der Waals surface area contributed by atoms with Crippen LogP contribution in [0.5, 0.6) is 0 Å². The molecule has 150 valence electrons. The van der Waals surface area contributed by atoms with Gasteiger partial charge in [-0.2, -0.15) is 5.11 Å². The van der Waals surface area contributed by atoms with Crippen LogP contribution in [0, 0.1) is 0 Å². The Morgan fingerprint density at radius 2 is 1.35 bits per heavy atom. The Hall–Kier alpha value is -0.930. The lowest BCUT2D eigenvalue weighted by molar-refractivity contribution is -0.166. The van der Waals surface area contributed by atoms with Crippen LogP contribution in [0.15, 0.2) is 10.2 Å². The zero-order valence-electron chi connectivity index (χ0n) is 17.0. The van der Waals surface area contributed by atoms with Gasteiger partial charge in [0.25, 0.3) is 0 Å². The third-order valence-corrected chi connectivity index (χ3v) is 5.93. The molecule has 0 atom stereocenters. The molecule has 0 amide bonds. The van der Waals surface area contributed by atoms with Crippen molar-refractivity contribution >= 4 is 5.97 Å². The van der Waals surface area contributed by atoms with Gasteiger partial charge in [-0.15, -0.1) is 5.11 Å². The molecule has 1 fully saturated rings. The van der Waals surface area contributed by atoms with Gasteiger partial charge in [-0.3, -0.25) is 4.79 Å². The van der Waals surface area contributed by atoms with E-state index in [4.69, 9.17) is 4.74 Å². The molecular formula is C22H40N2O2. The average molecular weight is 365 g/mol. The molecule has 0 saturated heterocycles. The van der Waals surface area contributed by atoms with E-state index in [1.165, 1.54) is 70.6 Å². The molecule has 0 aromatic heterocycles. The zero-order chi connectivity index (χ0) is 18.5. The second kappa shape index (κ2) is 12.5. The third-order valence-electron chi connectivity index (χ3n) is 5.93. The number of ether oxygens (including phenoxy) is 1. The van der Waals surface area contributed by atoms with E-state index in [0.29, 0.717) is 12.5 Å². The Bertz CT molecular complexity index is 414. The van der Waals surface area contributed by atoms with Crippen LogP contribution in [0.4, 0.5) is 0 Å². The minimum absolute atomic E-state index is 0.0765. The summed E-state index contributed by atoms with van der Waals surface area (Å²) in [5, 5.41) is 8.51. The van der Waals surface area contributed by atoms with Crippen LogP contribution in [-0.4, -0.2) is 17.7 Å². The quantitative estimate of drug-likeness (QED) is 0.229. The van der Waals surface area contributed by atoms with Crippen molar-refractivity contribution in [2.75, 3.05) is 0 Å². The van der Waals surface area contributed by atoms with Crippen LogP contribution < -0.4 is 0 Å². The molecule has 2 bridgehead atoms. The molecule has 2 aliphatic heterocycles. The number of nitrogens with zero attached hydrogens (tertiary/aromatic N) is 2. The summed E-state index contributed by atoms with van der Waals surface area (Å²) in [5.41, 5.74) is -0.595. The molecule has 3 rings (SSSR count). The van der Waals surface area contributed by atoms with Crippen LogP contribution in [0.3, 0.4) is 0 Å². The van der Waals surface area contributed by atoms with E-state index in [0.717, 1.165) is 38.5 Å². The van der Waals surface area contributed by atoms with Gasteiger partial charge in [0.05, 0.1) is 6.04 Å². The normalized spacial score (nSPS) is 24.1. The second-order valence-electron chi connectivity index (χ2n) is 8.36. The molecular weight excluding hydrogens is 324 g/mol. The molecule has 1 aliphatic carbocycles. The summed E-state index contributed by atoms with van der Waals surface area (Å²) in [6.45, 7) is 2.27. The fourth-order valence-corrected chi connectivity index (χ4v) is 4.13. The molecule has 3 aliphatic rings. The van der Waals surface area contributed by atoms with Crippen molar-refractivity contribution < 1.29 is 9.53 Å². The van der Waals surface area contributed by atoms with Crippen molar-refractivity contribution in [1.82, 2.24) is 0 Å². The molecule has 0 aromatic rings. The Balaban J connectivity index is 1.36. The lowest BCUT2D eigenvalue weighted by atomic mass is 9.87. The zero-order valence-corrected chi connectivity index (χ0v) is 17.0. The van der Waals surface area contributed by atoms with Crippen LogP contribution in [0.1, 0.15) is 122 Å². The summed E-state index contributed by atoms with van der Waals surface area (Å²) >= 11 is 0. The van der Waals surface area contributed by atoms with E-state index in [9.17, 15) is 4.79 Å². The Labute approximate surface area is 160 Å². The van der Waals surface area contributed by atoms with E-state index >= 15 is 0 Å². The first-order valence-electron chi connectivity index (χ1n) is 11.4. The van der Waals surface area contributed by atoms with E-state index in [1.807, 2.05) is 0 Å². The van der Waals surface area contributed by atoms with Crippen molar-refractivity contribution in [2.45, 2.75) is 134 Å². The fourth-order valence-electron chi connectivity index (χ4n) is 4.13. The van der Waals surface area contributed by atoms with Crippen LogP contribution in [-0.2, 0) is 9.53 Å². The number of esters is 1.